The number of hydrogen-bond acceptors (Lipinski definition) is 5. The summed E-state index contributed by atoms with van der Waals surface area (Å²) in [5.74, 6) is -0.0109. The average molecular weight is 329 g/mol. The summed E-state index contributed by atoms with van der Waals surface area (Å²) in [6.07, 6.45) is 0. The minimum absolute atomic E-state index is 0.0109. The van der Waals surface area contributed by atoms with Crippen molar-refractivity contribution in [3.63, 3.8) is 0 Å². The highest BCUT2D eigenvalue weighted by atomic mass is 32.1. The highest BCUT2D eigenvalue weighted by Gasteiger charge is 2.22. The highest BCUT2D eigenvalue weighted by Crippen LogP contribution is 2.31. The van der Waals surface area contributed by atoms with E-state index in [2.05, 4.69) is 10.1 Å². The van der Waals surface area contributed by atoms with Crippen LogP contribution in [-0.4, -0.2) is 34.0 Å². The van der Waals surface area contributed by atoms with Gasteiger partial charge in [-0.05, 0) is 45.9 Å². The maximum atomic E-state index is 12.9. The van der Waals surface area contributed by atoms with Crippen molar-refractivity contribution in [1.29, 1.82) is 0 Å². The molecule has 0 aliphatic rings. The van der Waals surface area contributed by atoms with Crippen LogP contribution >= 0.6 is 11.3 Å². The summed E-state index contributed by atoms with van der Waals surface area (Å²) in [7, 11) is 0. The molecular weight excluding hydrogens is 310 g/mol. The van der Waals surface area contributed by atoms with E-state index in [0.717, 1.165) is 10.6 Å². The van der Waals surface area contributed by atoms with Gasteiger partial charge in [-0.3, -0.25) is 4.79 Å². The van der Waals surface area contributed by atoms with Gasteiger partial charge >= 0.3 is 0 Å². The molecule has 3 aromatic heterocycles. The van der Waals surface area contributed by atoms with E-state index in [4.69, 9.17) is 4.52 Å². The van der Waals surface area contributed by atoms with Crippen LogP contribution in [0.3, 0.4) is 0 Å². The van der Waals surface area contributed by atoms with Gasteiger partial charge in [0.1, 0.15) is 0 Å². The fourth-order valence-corrected chi connectivity index (χ4v) is 3.47. The molecule has 23 heavy (non-hydrogen) atoms. The Morgan fingerprint density at radius 2 is 2.00 bits per heavy atom. The average Bonchev–Trinajstić information content (AvgIpc) is 3.14. The Bertz CT molecular complexity index is 862. The number of carbonyl (C=O) groups is 1. The van der Waals surface area contributed by atoms with Crippen LogP contribution in [-0.2, 0) is 0 Å². The Kier molecular flexibility index (Phi) is 4.17. The Labute approximate surface area is 138 Å². The van der Waals surface area contributed by atoms with Crippen LogP contribution in [0.2, 0.25) is 0 Å². The minimum atomic E-state index is -0.0109. The quantitative estimate of drug-likeness (QED) is 0.724. The van der Waals surface area contributed by atoms with Crippen molar-refractivity contribution in [1.82, 2.24) is 15.0 Å². The van der Waals surface area contributed by atoms with Gasteiger partial charge in [0.05, 0.1) is 27.2 Å². The molecule has 5 nitrogen and oxygen atoms in total. The van der Waals surface area contributed by atoms with E-state index < -0.39 is 0 Å². The molecule has 0 spiro atoms. The highest BCUT2D eigenvalue weighted by molar-refractivity contribution is 7.15. The number of pyridine rings is 1. The summed E-state index contributed by atoms with van der Waals surface area (Å²) < 4.78 is 5.33. The number of aryl methyl sites for hydroxylation is 2. The summed E-state index contributed by atoms with van der Waals surface area (Å²) in [4.78, 5) is 21.5. The number of rotatable bonds is 4. The van der Waals surface area contributed by atoms with E-state index in [1.54, 1.807) is 16.2 Å². The summed E-state index contributed by atoms with van der Waals surface area (Å²) in [5.41, 5.74) is 2.47. The molecule has 0 fully saturated rings. The van der Waals surface area contributed by atoms with Gasteiger partial charge in [0.2, 0.25) is 0 Å². The molecule has 0 N–H and O–H groups in total. The number of aromatic nitrogens is 2. The van der Waals surface area contributed by atoms with Crippen molar-refractivity contribution in [2.45, 2.75) is 27.7 Å². The van der Waals surface area contributed by atoms with E-state index >= 15 is 0 Å². The lowest BCUT2D eigenvalue weighted by Crippen LogP contribution is -2.30. The van der Waals surface area contributed by atoms with Crippen molar-refractivity contribution in [2.24, 2.45) is 0 Å². The molecular formula is C17H19N3O2S. The zero-order valence-corrected chi connectivity index (χ0v) is 14.5. The third kappa shape index (κ3) is 2.74. The molecule has 0 saturated heterocycles. The first kappa shape index (κ1) is 15.7. The van der Waals surface area contributed by atoms with E-state index in [1.807, 2.05) is 45.9 Å². The standard InChI is InChI=1S/C17H19N3O2S/c1-5-20(6-2)17(21)12-9-13(14-8-7-10(3)23-14)18-16-15(12)11(4)19-22-16/h7-9H,5-6H2,1-4H3. The molecule has 0 unspecified atom stereocenters. The minimum Gasteiger partial charge on any atom is -0.339 e. The van der Waals surface area contributed by atoms with Crippen LogP contribution in [0.4, 0.5) is 0 Å². The number of amides is 1. The largest absolute Gasteiger partial charge is 0.339 e. The molecule has 0 aliphatic carbocycles. The van der Waals surface area contributed by atoms with Crippen LogP contribution < -0.4 is 0 Å². The van der Waals surface area contributed by atoms with Crippen molar-refractivity contribution in [3.05, 3.63) is 34.3 Å². The molecule has 0 aliphatic heterocycles. The molecule has 0 saturated carbocycles. The molecule has 3 aromatic rings. The maximum absolute atomic E-state index is 12.9. The summed E-state index contributed by atoms with van der Waals surface area (Å²) in [5, 5.41) is 4.69. The molecule has 3 heterocycles. The Morgan fingerprint density at radius 1 is 1.26 bits per heavy atom. The number of hydrogen-bond donors (Lipinski definition) is 0. The third-order valence-corrected chi connectivity index (χ3v) is 4.91. The second-order valence-corrected chi connectivity index (χ2v) is 6.68. The van der Waals surface area contributed by atoms with Gasteiger partial charge in [0.25, 0.3) is 11.6 Å². The van der Waals surface area contributed by atoms with Gasteiger partial charge in [-0.2, -0.15) is 0 Å². The van der Waals surface area contributed by atoms with E-state index in [0.29, 0.717) is 35.4 Å². The first-order chi connectivity index (χ1) is 11.0. The number of carbonyl (C=O) groups excluding carboxylic acids is 1. The van der Waals surface area contributed by atoms with E-state index in [9.17, 15) is 4.79 Å². The summed E-state index contributed by atoms with van der Waals surface area (Å²) in [6, 6.07) is 5.92. The first-order valence-electron chi connectivity index (χ1n) is 7.68. The SMILES string of the molecule is CCN(CC)C(=O)c1cc(-c2ccc(C)s2)nc2onc(C)c12. The van der Waals surface area contributed by atoms with Crippen LogP contribution in [0.15, 0.2) is 22.7 Å². The van der Waals surface area contributed by atoms with Gasteiger partial charge < -0.3 is 9.42 Å². The van der Waals surface area contributed by atoms with Crippen molar-refractivity contribution in [3.8, 4) is 10.6 Å². The molecule has 0 atom stereocenters. The number of nitrogens with zero attached hydrogens (tertiary/aromatic N) is 3. The van der Waals surface area contributed by atoms with Crippen LogP contribution in [0, 0.1) is 13.8 Å². The van der Waals surface area contributed by atoms with Crippen LogP contribution in [0.25, 0.3) is 21.7 Å². The predicted molar refractivity (Wildman–Crippen MR) is 91.8 cm³/mol. The molecule has 6 heteroatoms. The fourth-order valence-electron chi connectivity index (χ4n) is 2.64. The van der Waals surface area contributed by atoms with Crippen molar-refractivity contribution in [2.75, 3.05) is 13.1 Å². The lowest BCUT2D eigenvalue weighted by molar-refractivity contribution is 0.0775. The fraction of sp³-hybridized carbons (Fsp3) is 0.353. The third-order valence-electron chi connectivity index (χ3n) is 3.89. The lowest BCUT2D eigenvalue weighted by atomic mass is 10.1. The Morgan fingerprint density at radius 3 is 2.61 bits per heavy atom. The molecule has 0 bridgehead atoms. The van der Waals surface area contributed by atoms with Crippen molar-refractivity contribution >= 4 is 28.3 Å². The topological polar surface area (TPSA) is 59.2 Å². The van der Waals surface area contributed by atoms with Gasteiger partial charge in [0.15, 0.2) is 0 Å². The monoisotopic (exact) mass is 329 g/mol. The van der Waals surface area contributed by atoms with E-state index in [-0.39, 0.29) is 5.91 Å². The molecule has 1 amide bonds. The molecule has 0 aromatic carbocycles. The van der Waals surface area contributed by atoms with Gasteiger partial charge in [0, 0.05) is 18.0 Å². The van der Waals surface area contributed by atoms with Gasteiger partial charge in [-0.25, -0.2) is 4.98 Å². The number of fused-ring (bicyclic) bond motifs is 1. The Hall–Kier alpha value is -2.21. The second kappa shape index (κ2) is 6.12. The molecule has 0 radical (unpaired) electrons. The van der Waals surface area contributed by atoms with Crippen molar-refractivity contribution < 1.29 is 9.32 Å². The Balaban J connectivity index is 2.21. The first-order valence-corrected chi connectivity index (χ1v) is 8.49. The van der Waals surface area contributed by atoms with Gasteiger partial charge in [-0.1, -0.05) is 5.16 Å². The zero-order valence-electron chi connectivity index (χ0n) is 13.7. The van der Waals surface area contributed by atoms with E-state index in [1.165, 1.54) is 4.88 Å². The zero-order chi connectivity index (χ0) is 16.6. The molecule has 120 valence electrons. The maximum Gasteiger partial charge on any atom is 0.259 e. The smallest absolute Gasteiger partial charge is 0.259 e. The van der Waals surface area contributed by atoms with Crippen LogP contribution in [0.5, 0.6) is 0 Å². The second-order valence-electron chi connectivity index (χ2n) is 5.39. The van der Waals surface area contributed by atoms with Crippen LogP contribution in [0.1, 0.15) is 34.8 Å². The molecule has 3 rings (SSSR count). The normalized spacial score (nSPS) is 11.1. The lowest BCUT2D eigenvalue weighted by Gasteiger charge is -2.19. The number of thiophene rings is 1. The summed E-state index contributed by atoms with van der Waals surface area (Å²) in [6.45, 7) is 9.16. The predicted octanol–water partition coefficient (Wildman–Crippen LogP) is 4.05. The summed E-state index contributed by atoms with van der Waals surface area (Å²) >= 11 is 1.65. The van der Waals surface area contributed by atoms with Gasteiger partial charge in [-0.15, -0.1) is 11.3 Å².